The Labute approximate surface area is 131 Å². The van der Waals surface area contributed by atoms with Gasteiger partial charge in [0.1, 0.15) is 28.6 Å². The van der Waals surface area contributed by atoms with Crippen LogP contribution in [0.15, 0.2) is 46.4 Å². The second-order valence-corrected chi connectivity index (χ2v) is 5.48. The maximum Gasteiger partial charge on any atom is 0.275 e. The second kappa shape index (κ2) is 6.03. The van der Waals surface area contributed by atoms with Crippen LogP contribution in [0.2, 0.25) is 0 Å². The maximum atomic E-state index is 12.1. The van der Waals surface area contributed by atoms with Crippen LogP contribution >= 0.6 is 11.3 Å². The Kier molecular flexibility index (Phi) is 3.93. The molecule has 6 heteroatoms. The van der Waals surface area contributed by atoms with Crippen LogP contribution in [-0.2, 0) is 4.79 Å². The van der Waals surface area contributed by atoms with Gasteiger partial charge in [-0.2, -0.15) is 0 Å². The van der Waals surface area contributed by atoms with Gasteiger partial charge in [0.05, 0.1) is 14.2 Å². The molecule has 0 atom stereocenters. The molecule has 1 N–H and O–H groups in total. The minimum Gasteiger partial charge on any atom is -0.496 e. The van der Waals surface area contributed by atoms with E-state index in [4.69, 9.17) is 9.47 Å². The summed E-state index contributed by atoms with van der Waals surface area (Å²) in [5, 5.41) is 4.72. The second-order valence-electron chi connectivity index (χ2n) is 4.50. The van der Waals surface area contributed by atoms with Crippen LogP contribution in [0.5, 0.6) is 11.5 Å². The van der Waals surface area contributed by atoms with Crippen molar-refractivity contribution in [2.75, 3.05) is 14.2 Å². The van der Waals surface area contributed by atoms with E-state index < -0.39 is 0 Å². The fraction of sp³-hybridized carbons (Fsp3) is 0.125. The molecule has 0 bridgehead atoms. The highest BCUT2D eigenvalue weighted by molar-refractivity contribution is 7.10. The number of aliphatic imine (C=N–C) groups is 1. The summed E-state index contributed by atoms with van der Waals surface area (Å²) in [5.41, 5.74) is 1.00. The van der Waals surface area contributed by atoms with Crippen molar-refractivity contribution >= 4 is 29.2 Å². The fourth-order valence-corrected chi connectivity index (χ4v) is 2.83. The van der Waals surface area contributed by atoms with Gasteiger partial charge in [-0.1, -0.05) is 12.1 Å². The first-order chi connectivity index (χ1) is 10.7. The van der Waals surface area contributed by atoms with Crippen molar-refractivity contribution in [1.82, 2.24) is 5.32 Å². The first-order valence-electron chi connectivity index (χ1n) is 6.59. The summed E-state index contributed by atoms with van der Waals surface area (Å²) in [6.45, 7) is 0. The molecule has 0 spiro atoms. The highest BCUT2D eigenvalue weighted by Crippen LogP contribution is 2.30. The van der Waals surface area contributed by atoms with E-state index in [2.05, 4.69) is 10.3 Å². The molecule has 0 aliphatic carbocycles. The van der Waals surface area contributed by atoms with Crippen molar-refractivity contribution in [1.29, 1.82) is 0 Å². The summed E-state index contributed by atoms with van der Waals surface area (Å²) in [4.78, 5) is 17.5. The molecule has 22 heavy (non-hydrogen) atoms. The van der Waals surface area contributed by atoms with E-state index in [-0.39, 0.29) is 5.91 Å². The number of ether oxygens (including phenoxy) is 2. The average Bonchev–Trinajstić information content (AvgIpc) is 3.17. The number of hydrogen-bond acceptors (Lipinski definition) is 5. The first kappa shape index (κ1) is 14.3. The van der Waals surface area contributed by atoms with Gasteiger partial charge in [0.25, 0.3) is 5.91 Å². The molecule has 3 rings (SSSR count). The molecule has 0 unspecified atom stereocenters. The van der Waals surface area contributed by atoms with E-state index in [1.165, 1.54) is 0 Å². The third-order valence-corrected chi connectivity index (χ3v) is 4.00. The molecule has 1 aliphatic rings. The van der Waals surface area contributed by atoms with Gasteiger partial charge in [-0.25, -0.2) is 4.99 Å². The Hall–Kier alpha value is -2.60. The molecule has 1 amide bonds. The summed E-state index contributed by atoms with van der Waals surface area (Å²) in [5.74, 6) is 1.38. The summed E-state index contributed by atoms with van der Waals surface area (Å²) in [6, 6.07) is 9.28. The zero-order valence-electron chi connectivity index (χ0n) is 12.1. The van der Waals surface area contributed by atoms with Gasteiger partial charge in [-0.05, 0) is 29.7 Å². The lowest BCUT2D eigenvalue weighted by atomic mass is 10.1. The Morgan fingerprint density at radius 1 is 1.14 bits per heavy atom. The number of nitrogens with one attached hydrogen (secondary N) is 1. The van der Waals surface area contributed by atoms with Crippen molar-refractivity contribution in [3.63, 3.8) is 0 Å². The number of carbonyl (C=O) groups excluding carboxylic acids is 1. The summed E-state index contributed by atoms with van der Waals surface area (Å²) >= 11 is 1.55. The van der Waals surface area contributed by atoms with Crippen LogP contribution in [-0.4, -0.2) is 26.0 Å². The van der Waals surface area contributed by atoms with Crippen LogP contribution in [0.4, 0.5) is 0 Å². The SMILES string of the molecule is COc1cccc(OC)c1C1=N/C(=C/c2cccs2)C(=O)N1. The number of methoxy groups -OCH3 is 2. The van der Waals surface area contributed by atoms with E-state index in [0.717, 1.165) is 4.88 Å². The van der Waals surface area contributed by atoms with Gasteiger partial charge in [-0.15, -0.1) is 11.3 Å². The molecular weight excluding hydrogens is 300 g/mol. The molecule has 5 nitrogen and oxygen atoms in total. The molecule has 2 aromatic rings. The lowest BCUT2D eigenvalue weighted by molar-refractivity contribution is -0.115. The summed E-state index contributed by atoms with van der Waals surface area (Å²) < 4.78 is 10.7. The van der Waals surface area contributed by atoms with Crippen LogP contribution < -0.4 is 14.8 Å². The van der Waals surface area contributed by atoms with Gasteiger partial charge in [0.2, 0.25) is 0 Å². The number of benzene rings is 1. The molecule has 0 fully saturated rings. The first-order valence-corrected chi connectivity index (χ1v) is 7.47. The van der Waals surface area contributed by atoms with E-state index in [1.807, 2.05) is 23.6 Å². The molecule has 1 aromatic carbocycles. The zero-order chi connectivity index (χ0) is 15.5. The number of nitrogens with zero attached hydrogens (tertiary/aromatic N) is 1. The van der Waals surface area contributed by atoms with E-state index in [1.54, 1.807) is 43.8 Å². The van der Waals surface area contributed by atoms with Crippen molar-refractivity contribution in [3.8, 4) is 11.5 Å². The van der Waals surface area contributed by atoms with Crippen LogP contribution in [0.25, 0.3) is 6.08 Å². The minimum atomic E-state index is -0.239. The number of carbonyl (C=O) groups is 1. The number of amides is 1. The monoisotopic (exact) mass is 314 g/mol. The van der Waals surface area contributed by atoms with Gasteiger partial charge in [0.15, 0.2) is 0 Å². The van der Waals surface area contributed by atoms with Gasteiger partial charge in [-0.3, -0.25) is 4.79 Å². The molecule has 2 heterocycles. The van der Waals surface area contributed by atoms with Gasteiger partial charge in [0, 0.05) is 4.88 Å². The Morgan fingerprint density at radius 3 is 2.45 bits per heavy atom. The van der Waals surface area contributed by atoms with Crippen molar-refractivity contribution in [2.45, 2.75) is 0 Å². The van der Waals surface area contributed by atoms with E-state index >= 15 is 0 Å². The summed E-state index contributed by atoms with van der Waals surface area (Å²) in [6.07, 6.45) is 1.76. The lowest BCUT2D eigenvalue weighted by Crippen LogP contribution is -2.25. The minimum absolute atomic E-state index is 0.239. The molecule has 112 valence electrons. The molecule has 1 aliphatic heterocycles. The molecule has 1 aromatic heterocycles. The van der Waals surface area contributed by atoms with Crippen LogP contribution in [0.3, 0.4) is 0 Å². The van der Waals surface area contributed by atoms with E-state index in [0.29, 0.717) is 28.6 Å². The third kappa shape index (κ3) is 2.60. The number of hydrogen-bond donors (Lipinski definition) is 1. The maximum absolute atomic E-state index is 12.1. The van der Waals surface area contributed by atoms with Crippen molar-refractivity contribution in [3.05, 3.63) is 51.8 Å². The Bertz CT molecular complexity index is 741. The quantitative estimate of drug-likeness (QED) is 0.883. The highest BCUT2D eigenvalue weighted by atomic mass is 32.1. The predicted molar refractivity (Wildman–Crippen MR) is 86.5 cm³/mol. The third-order valence-electron chi connectivity index (χ3n) is 3.18. The van der Waals surface area contributed by atoms with E-state index in [9.17, 15) is 4.79 Å². The molecule has 0 radical (unpaired) electrons. The largest absolute Gasteiger partial charge is 0.496 e. The lowest BCUT2D eigenvalue weighted by Gasteiger charge is -2.12. The number of rotatable bonds is 4. The molecule has 0 saturated heterocycles. The highest BCUT2D eigenvalue weighted by Gasteiger charge is 2.26. The Morgan fingerprint density at radius 2 is 1.86 bits per heavy atom. The van der Waals surface area contributed by atoms with Crippen molar-refractivity contribution in [2.24, 2.45) is 4.99 Å². The van der Waals surface area contributed by atoms with Gasteiger partial charge >= 0.3 is 0 Å². The number of thiophene rings is 1. The smallest absolute Gasteiger partial charge is 0.275 e. The number of amidine groups is 1. The summed E-state index contributed by atoms with van der Waals surface area (Å²) in [7, 11) is 3.13. The van der Waals surface area contributed by atoms with Crippen LogP contribution in [0.1, 0.15) is 10.4 Å². The average molecular weight is 314 g/mol. The van der Waals surface area contributed by atoms with Crippen molar-refractivity contribution < 1.29 is 14.3 Å². The Balaban J connectivity index is 2.05. The normalized spacial score (nSPS) is 15.6. The fourth-order valence-electron chi connectivity index (χ4n) is 2.18. The van der Waals surface area contributed by atoms with Gasteiger partial charge < -0.3 is 14.8 Å². The zero-order valence-corrected chi connectivity index (χ0v) is 12.9. The molecule has 0 saturated carbocycles. The topological polar surface area (TPSA) is 59.9 Å². The molecular formula is C16H14N2O3S. The predicted octanol–water partition coefficient (Wildman–Crippen LogP) is 2.68. The van der Waals surface area contributed by atoms with Crippen LogP contribution in [0, 0.1) is 0 Å². The standard InChI is InChI=1S/C16H14N2O3S/c1-20-12-6-3-7-13(21-2)14(12)15-17-11(16(19)18-15)9-10-5-4-8-22-10/h3-9H,1-2H3,(H,17,18,19)/b11-9+.